The number of tetrazole rings is 1. The lowest BCUT2D eigenvalue weighted by Gasteiger charge is -2.40. The molecule has 1 aliphatic heterocycles. The van der Waals surface area contributed by atoms with Crippen molar-refractivity contribution >= 4 is 5.69 Å². The van der Waals surface area contributed by atoms with Crippen LogP contribution in [0.5, 0.6) is 0 Å². The van der Waals surface area contributed by atoms with Crippen LogP contribution >= 0.6 is 0 Å². The first-order chi connectivity index (χ1) is 12.0. The first kappa shape index (κ1) is 17.9. The van der Waals surface area contributed by atoms with E-state index in [4.69, 9.17) is 0 Å². The molecule has 25 heavy (non-hydrogen) atoms. The number of hydrogen-bond donors (Lipinski definition) is 0. The predicted molar refractivity (Wildman–Crippen MR) is 101 cm³/mol. The Balaban J connectivity index is 1.72. The Hall–Kier alpha value is -1.95. The first-order valence-electron chi connectivity index (χ1n) is 9.35. The Bertz CT molecular complexity index is 700. The zero-order chi connectivity index (χ0) is 18.0. The van der Waals surface area contributed by atoms with E-state index in [1.54, 1.807) is 0 Å². The number of aryl methyl sites for hydroxylation is 1. The SMILES string of the molecule is CCC(c1nnnn1C(C)C)N1CCN(c2cccc(C)c2C)CC1. The molecule has 1 atom stereocenters. The maximum atomic E-state index is 4.33. The summed E-state index contributed by atoms with van der Waals surface area (Å²) in [5.41, 5.74) is 4.13. The molecule has 1 unspecified atom stereocenters. The smallest absolute Gasteiger partial charge is 0.168 e. The highest BCUT2D eigenvalue weighted by atomic mass is 15.6. The van der Waals surface area contributed by atoms with E-state index >= 15 is 0 Å². The van der Waals surface area contributed by atoms with Crippen LogP contribution in [0.1, 0.15) is 56.2 Å². The molecule has 1 aromatic heterocycles. The molecule has 0 radical (unpaired) electrons. The van der Waals surface area contributed by atoms with Gasteiger partial charge in [0.2, 0.25) is 0 Å². The summed E-state index contributed by atoms with van der Waals surface area (Å²) in [5.74, 6) is 0.998. The number of aromatic nitrogens is 4. The summed E-state index contributed by atoms with van der Waals surface area (Å²) in [6.45, 7) is 15.1. The molecule has 6 nitrogen and oxygen atoms in total. The van der Waals surface area contributed by atoms with Crippen molar-refractivity contribution in [1.82, 2.24) is 25.1 Å². The lowest BCUT2D eigenvalue weighted by molar-refractivity contribution is 0.167. The van der Waals surface area contributed by atoms with Gasteiger partial charge in [0.15, 0.2) is 5.82 Å². The molecule has 2 aromatic rings. The van der Waals surface area contributed by atoms with Crippen LogP contribution in [0.2, 0.25) is 0 Å². The van der Waals surface area contributed by atoms with Crippen molar-refractivity contribution in [2.75, 3.05) is 31.1 Å². The molecule has 0 N–H and O–H groups in total. The van der Waals surface area contributed by atoms with Crippen LogP contribution in [-0.2, 0) is 0 Å². The molecular weight excluding hydrogens is 312 g/mol. The zero-order valence-corrected chi connectivity index (χ0v) is 16.1. The van der Waals surface area contributed by atoms with Crippen molar-refractivity contribution in [1.29, 1.82) is 0 Å². The maximum Gasteiger partial charge on any atom is 0.168 e. The van der Waals surface area contributed by atoms with Gasteiger partial charge in [-0.15, -0.1) is 5.10 Å². The Morgan fingerprint density at radius 2 is 1.80 bits per heavy atom. The number of anilines is 1. The largest absolute Gasteiger partial charge is 0.369 e. The molecule has 136 valence electrons. The summed E-state index contributed by atoms with van der Waals surface area (Å²) in [5, 5.41) is 12.4. The van der Waals surface area contributed by atoms with Gasteiger partial charge in [0, 0.05) is 31.9 Å². The standard InChI is InChI=1S/C19H30N6/c1-6-17(19-20-21-22-25(19)14(2)3)23-10-12-24(13-11-23)18-9-7-8-15(4)16(18)5/h7-9,14,17H,6,10-13H2,1-5H3. The Kier molecular flexibility index (Phi) is 5.37. The van der Waals surface area contributed by atoms with Gasteiger partial charge in [0.05, 0.1) is 12.1 Å². The van der Waals surface area contributed by atoms with Gasteiger partial charge in [-0.1, -0.05) is 19.1 Å². The molecule has 0 saturated carbocycles. The second-order valence-electron chi connectivity index (χ2n) is 7.24. The molecule has 1 aliphatic rings. The second kappa shape index (κ2) is 7.52. The van der Waals surface area contributed by atoms with Crippen LogP contribution in [-0.4, -0.2) is 51.3 Å². The van der Waals surface area contributed by atoms with E-state index in [0.717, 1.165) is 38.4 Å². The molecule has 2 heterocycles. The van der Waals surface area contributed by atoms with Crippen molar-refractivity contribution in [3.05, 3.63) is 35.2 Å². The van der Waals surface area contributed by atoms with E-state index in [1.165, 1.54) is 16.8 Å². The van der Waals surface area contributed by atoms with Crippen molar-refractivity contribution in [3.63, 3.8) is 0 Å². The maximum absolute atomic E-state index is 4.33. The Morgan fingerprint density at radius 3 is 2.44 bits per heavy atom. The summed E-state index contributed by atoms with van der Waals surface area (Å²) in [6, 6.07) is 7.17. The van der Waals surface area contributed by atoms with E-state index in [9.17, 15) is 0 Å². The van der Waals surface area contributed by atoms with E-state index in [-0.39, 0.29) is 12.1 Å². The highest BCUT2D eigenvalue weighted by Crippen LogP contribution is 2.28. The molecule has 0 spiro atoms. The van der Waals surface area contributed by atoms with Gasteiger partial charge in [0.25, 0.3) is 0 Å². The van der Waals surface area contributed by atoms with Crippen molar-refractivity contribution in [3.8, 4) is 0 Å². The molecule has 3 rings (SSSR count). The summed E-state index contributed by atoms with van der Waals surface area (Å²) in [4.78, 5) is 5.04. The monoisotopic (exact) mass is 342 g/mol. The zero-order valence-electron chi connectivity index (χ0n) is 16.1. The van der Waals surface area contributed by atoms with Crippen LogP contribution in [0, 0.1) is 13.8 Å². The number of rotatable bonds is 5. The fraction of sp³-hybridized carbons (Fsp3) is 0.632. The molecule has 6 heteroatoms. The van der Waals surface area contributed by atoms with Gasteiger partial charge in [-0.25, -0.2) is 4.68 Å². The van der Waals surface area contributed by atoms with Gasteiger partial charge in [-0.3, -0.25) is 4.90 Å². The van der Waals surface area contributed by atoms with Gasteiger partial charge >= 0.3 is 0 Å². The third kappa shape index (κ3) is 3.54. The molecule has 1 saturated heterocycles. The van der Waals surface area contributed by atoms with Crippen molar-refractivity contribution < 1.29 is 0 Å². The van der Waals surface area contributed by atoms with Crippen LogP contribution in [0.4, 0.5) is 5.69 Å². The molecule has 1 aromatic carbocycles. The van der Waals surface area contributed by atoms with Crippen LogP contribution in [0.25, 0.3) is 0 Å². The first-order valence-corrected chi connectivity index (χ1v) is 9.35. The lowest BCUT2D eigenvalue weighted by atomic mass is 10.1. The second-order valence-corrected chi connectivity index (χ2v) is 7.24. The summed E-state index contributed by atoms with van der Waals surface area (Å²) in [7, 11) is 0. The quantitative estimate of drug-likeness (QED) is 0.835. The fourth-order valence-corrected chi connectivity index (χ4v) is 3.74. The van der Waals surface area contributed by atoms with E-state index in [1.807, 2.05) is 4.68 Å². The summed E-state index contributed by atoms with van der Waals surface area (Å²) >= 11 is 0. The molecule has 0 amide bonds. The number of piperazine rings is 1. The minimum atomic E-state index is 0.287. The molecule has 0 aliphatic carbocycles. The third-order valence-corrected chi connectivity index (χ3v) is 5.36. The van der Waals surface area contributed by atoms with E-state index < -0.39 is 0 Å². The van der Waals surface area contributed by atoms with Crippen molar-refractivity contribution in [2.45, 2.75) is 53.1 Å². The van der Waals surface area contributed by atoms with E-state index in [0.29, 0.717) is 0 Å². The Morgan fingerprint density at radius 1 is 1.08 bits per heavy atom. The average Bonchev–Trinajstić information content (AvgIpc) is 3.08. The summed E-state index contributed by atoms with van der Waals surface area (Å²) in [6.07, 6.45) is 1.02. The molecule has 1 fully saturated rings. The van der Waals surface area contributed by atoms with E-state index in [2.05, 4.69) is 78.1 Å². The minimum absolute atomic E-state index is 0.287. The van der Waals surface area contributed by atoms with Crippen LogP contribution in [0.15, 0.2) is 18.2 Å². The van der Waals surface area contributed by atoms with Gasteiger partial charge in [-0.2, -0.15) is 0 Å². The molecule has 0 bridgehead atoms. The average molecular weight is 342 g/mol. The van der Waals surface area contributed by atoms with Crippen LogP contribution < -0.4 is 4.90 Å². The number of benzene rings is 1. The highest BCUT2D eigenvalue weighted by Gasteiger charge is 2.28. The number of nitrogens with zero attached hydrogens (tertiary/aromatic N) is 6. The predicted octanol–water partition coefficient (Wildman–Crippen LogP) is 3.14. The highest BCUT2D eigenvalue weighted by molar-refractivity contribution is 5.56. The van der Waals surface area contributed by atoms with Gasteiger partial charge in [0.1, 0.15) is 0 Å². The third-order valence-electron chi connectivity index (χ3n) is 5.36. The topological polar surface area (TPSA) is 50.1 Å². The number of hydrogen-bond acceptors (Lipinski definition) is 5. The lowest BCUT2D eigenvalue weighted by Crippen LogP contribution is -2.48. The normalized spacial score (nSPS) is 17.3. The fourth-order valence-electron chi connectivity index (χ4n) is 3.74. The van der Waals surface area contributed by atoms with Gasteiger partial charge in [-0.05, 0) is 61.7 Å². The van der Waals surface area contributed by atoms with Crippen molar-refractivity contribution in [2.24, 2.45) is 0 Å². The van der Waals surface area contributed by atoms with Gasteiger partial charge < -0.3 is 4.90 Å². The summed E-state index contributed by atoms with van der Waals surface area (Å²) < 4.78 is 1.96. The molecular formula is C19H30N6. The Labute approximate surface area is 150 Å². The van der Waals surface area contributed by atoms with Crippen LogP contribution in [0.3, 0.4) is 0 Å². The minimum Gasteiger partial charge on any atom is -0.369 e.